The number of carbonyl (C=O) groups is 2. The molecule has 1 N–H and O–H groups in total. The molecular weight excluding hydrogens is 300 g/mol. The molecule has 1 aliphatic carbocycles. The van der Waals surface area contributed by atoms with Crippen LogP contribution in [0.4, 0.5) is 5.69 Å². The van der Waals surface area contributed by atoms with Gasteiger partial charge in [-0.2, -0.15) is 0 Å². The Bertz CT molecular complexity index is 596. The molecular formula is C20H28N2O2. The highest BCUT2D eigenvalue weighted by molar-refractivity contribution is 6.00. The summed E-state index contributed by atoms with van der Waals surface area (Å²) in [4.78, 5) is 26.7. The highest BCUT2D eigenvalue weighted by atomic mass is 16.2. The highest BCUT2D eigenvalue weighted by Gasteiger charge is 2.36. The van der Waals surface area contributed by atoms with E-state index in [0.717, 1.165) is 18.5 Å². The lowest BCUT2D eigenvalue weighted by Crippen LogP contribution is -2.44. The Labute approximate surface area is 144 Å². The minimum atomic E-state index is -0.225. The first-order valence-corrected chi connectivity index (χ1v) is 9.28. The fraction of sp³-hybridized carbons (Fsp3) is 0.600. The summed E-state index contributed by atoms with van der Waals surface area (Å²) in [5.74, 6) is 0.417. The van der Waals surface area contributed by atoms with Crippen molar-refractivity contribution in [3.05, 3.63) is 29.8 Å². The van der Waals surface area contributed by atoms with Crippen LogP contribution >= 0.6 is 0 Å². The van der Waals surface area contributed by atoms with Gasteiger partial charge in [-0.05, 0) is 42.9 Å². The fourth-order valence-corrected chi connectivity index (χ4v) is 3.88. The smallest absolute Gasteiger partial charge is 0.227 e. The standard InChI is InChI=1S/C20H28N2O2/c1-3-15-8-10-17(11-9-15)22-13-16(12-19(22)23)20(24)21-18-7-5-4-6-14(18)2/h8-11,14,16,18H,3-7,12-13H2,1-2H3,(H,21,24)/t14-,16-,18-/m0/s1. The van der Waals surface area contributed by atoms with Gasteiger partial charge in [0.05, 0.1) is 5.92 Å². The summed E-state index contributed by atoms with van der Waals surface area (Å²) in [6, 6.07) is 8.36. The minimum absolute atomic E-state index is 0.0507. The zero-order valence-electron chi connectivity index (χ0n) is 14.8. The Balaban J connectivity index is 1.62. The molecule has 1 saturated heterocycles. The molecule has 0 aromatic heterocycles. The SMILES string of the molecule is CCc1ccc(N2C[C@@H](C(=O)N[C@H]3CCCC[C@@H]3C)CC2=O)cc1. The Hall–Kier alpha value is -1.84. The van der Waals surface area contributed by atoms with E-state index >= 15 is 0 Å². The number of rotatable bonds is 4. The second kappa shape index (κ2) is 7.37. The van der Waals surface area contributed by atoms with Crippen molar-refractivity contribution in [2.24, 2.45) is 11.8 Å². The second-order valence-corrected chi connectivity index (χ2v) is 7.30. The monoisotopic (exact) mass is 328 g/mol. The Kier molecular flexibility index (Phi) is 5.22. The normalized spacial score (nSPS) is 27.3. The van der Waals surface area contributed by atoms with Crippen molar-refractivity contribution in [3.63, 3.8) is 0 Å². The maximum atomic E-state index is 12.6. The summed E-state index contributed by atoms with van der Waals surface area (Å²) in [5.41, 5.74) is 2.16. The molecule has 4 nitrogen and oxygen atoms in total. The van der Waals surface area contributed by atoms with E-state index in [9.17, 15) is 9.59 Å². The van der Waals surface area contributed by atoms with Crippen molar-refractivity contribution in [1.29, 1.82) is 0 Å². The number of hydrogen-bond acceptors (Lipinski definition) is 2. The average molecular weight is 328 g/mol. The van der Waals surface area contributed by atoms with Crippen molar-refractivity contribution in [2.45, 2.75) is 58.4 Å². The molecule has 1 saturated carbocycles. The van der Waals surface area contributed by atoms with Crippen molar-refractivity contribution in [3.8, 4) is 0 Å². The predicted octanol–water partition coefficient (Wildman–Crippen LogP) is 3.30. The van der Waals surface area contributed by atoms with Crippen molar-refractivity contribution in [1.82, 2.24) is 5.32 Å². The summed E-state index contributed by atoms with van der Waals surface area (Å²) in [6.45, 7) is 4.82. The van der Waals surface area contributed by atoms with E-state index in [0.29, 0.717) is 18.9 Å². The summed E-state index contributed by atoms with van der Waals surface area (Å²) >= 11 is 0. The molecule has 2 aliphatic rings. The van der Waals surface area contributed by atoms with Gasteiger partial charge < -0.3 is 10.2 Å². The summed E-state index contributed by atoms with van der Waals surface area (Å²) in [6.07, 6.45) is 6.01. The molecule has 24 heavy (non-hydrogen) atoms. The van der Waals surface area contributed by atoms with Gasteiger partial charge in [0, 0.05) is 24.7 Å². The van der Waals surface area contributed by atoms with Crippen molar-refractivity contribution < 1.29 is 9.59 Å². The van der Waals surface area contributed by atoms with Gasteiger partial charge in [0.15, 0.2) is 0 Å². The number of benzene rings is 1. The quantitative estimate of drug-likeness (QED) is 0.922. The lowest BCUT2D eigenvalue weighted by atomic mass is 9.85. The Morgan fingerprint density at radius 3 is 2.58 bits per heavy atom. The molecule has 1 aliphatic heterocycles. The average Bonchev–Trinajstić information content (AvgIpc) is 2.99. The van der Waals surface area contributed by atoms with Gasteiger partial charge in [0.1, 0.15) is 0 Å². The third-order valence-corrected chi connectivity index (χ3v) is 5.59. The van der Waals surface area contributed by atoms with Crippen LogP contribution < -0.4 is 10.2 Å². The van der Waals surface area contributed by atoms with E-state index in [1.807, 2.05) is 12.1 Å². The second-order valence-electron chi connectivity index (χ2n) is 7.30. The van der Waals surface area contributed by atoms with Crippen LogP contribution in [0.25, 0.3) is 0 Å². The molecule has 1 aromatic carbocycles. The molecule has 4 heteroatoms. The van der Waals surface area contributed by atoms with Gasteiger partial charge in [0.2, 0.25) is 11.8 Å². The third-order valence-electron chi connectivity index (χ3n) is 5.59. The minimum Gasteiger partial charge on any atom is -0.353 e. The van der Waals surface area contributed by atoms with Crippen molar-refractivity contribution in [2.75, 3.05) is 11.4 Å². The highest BCUT2D eigenvalue weighted by Crippen LogP contribution is 2.28. The largest absolute Gasteiger partial charge is 0.353 e. The molecule has 1 aromatic rings. The molecule has 130 valence electrons. The van der Waals surface area contributed by atoms with Crippen LogP contribution in [0, 0.1) is 11.8 Å². The van der Waals surface area contributed by atoms with E-state index in [1.165, 1.54) is 24.8 Å². The zero-order chi connectivity index (χ0) is 17.1. The third kappa shape index (κ3) is 3.63. The Morgan fingerprint density at radius 1 is 1.21 bits per heavy atom. The first kappa shape index (κ1) is 17.0. The van der Waals surface area contributed by atoms with Crippen LogP contribution in [0.2, 0.25) is 0 Å². The zero-order valence-corrected chi connectivity index (χ0v) is 14.8. The summed E-state index contributed by atoms with van der Waals surface area (Å²) in [5, 5.41) is 3.20. The first-order valence-electron chi connectivity index (χ1n) is 9.28. The number of amides is 2. The maximum absolute atomic E-state index is 12.6. The molecule has 0 spiro atoms. The summed E-state index contributed by atoms with van der Waals surface area (Å²) < 4.78 is 0. The number of anilines is 1. The molecule has 0 bridgehead atoms. The van der Waals surface area contributed by atoms with Gasteiger partial charge in [0.25, 0.3) is 0 Å². The van der Waals surface area contributed by atoms with E-state index in [-0.39, 0.29) is 23.8 Å². The molecule has 0 unspecified atom stereocenters. The number of aryl methyl sites for hydroxylation is 1. The van der Waals surface area contributed by atoms with Crippen LogP contribution in [-0.2, 0) is 16.0 Å². The van der Waals surface area contributed by atoms with E-state index in [1.54, 1.807) is 4.90 Å². The van der Waals surface area contributed by atoms with Gasteiger partial charge in [-0.15, -0.1) is 0 Å². The van der Waals surface area contributed by atoms with Crippen LogP contribution in [-0.4, -0.2) is 24.4 Å². The van der Waals surface area contributed by atoms with E-state index in [2.05, 4.69) is 31.3 Å². The molecule has 3 atom stereocenters. The van der Waals surface area contributed by atoms with Crippen LogP contribution in [0.15, 0.2) is 24.3 Å². The number of hydrogen-bond donors (Lipinski definition) is 1. The van der Waals surface area contributed by atoms with Crippen LogP contribution in [0.3, 0.4) is 0 Å². The van der Waals surface area contributed by atoms with Crippen LogP contribution in [0.5, 0.6) is 0 Å². The first-order chi connectivity index (χ1) is 11.6. The van der Waals surface area contributed by atoms with E-state index < -0.39 is 0 Å². The summed E-state index contributed by atoms with van der Waals surface area (Å²) in [7, 11) is 0. The predicted molar refractivity (Wildman–Crippen MR) is 95.8 cm³/mol. The fourth-order valence-electron chi connectivity index (χ4n) is 3.88. The topological polar surface area (TPSA) is 49.4 Å². The molecule has 0 radical (unpaired) electrons. The maximum Gasteiger partial charge on any atom is 0.227 e. The number of carbonyl (C=O) groups excluding carboxylic acids is 2. The molecule has 2 fully saturated rings. The van der Waals surface area contributed by atoms with Gasteiger partial charge in [-0.3, -0.25) is 9.59 Å². The lowest BCUT2D eigenvalue weighted by molar-refractivity contribution is -0.127. The van der Waals surface area contributed by atoms with E-state index in [4.69, 9.17) is 0 Å². The van der Waals surface area contributed by atoms with Gasteiger partial charge in [-0.1, -0.05) is 38.8 Å². The lowest BCUT2D eigenvalue weighted by Gasteiger charge is -2.30. The Morgan fingerprint density at radius 2 is 1.92 bits per heavy atom. The molecule has 2 amide bonds. The van der Waals surface area contributed by atoms with Crippen molar-refractivity contribution >= 4 is 17.5 Å². The van der Waals surface area contributed by atoms with Gasteiger partial charge in [-0.25, -0.2) is 0 Å². The van der Waals surface area contributed by atoms with Gasteiger partial charge >= 0.3 is 0 Å². The van der Waals surface area contributed by atoms with Crippen LogP contribution in [0.1, 0.15) is 51.5 Å². The number of nitrogens with zero attached hydrogens (tertiary/aromatic N) is 1. The number of nitrogens with one attached hydrogen (secondary N) is 1. The molecule has 1 heterocycles. The molecule has 3 rings (SSSR count).